The molecule has 0 aromatic carbocycles. The van der Waals surface area contributed by atoms with E-state index in [1.807, 2.05) is 6.07 Å². The molecule has 1 unspecified atom stereocenters. The maximum atomic E-state index is 12.4. The van der Waals surface area contributed by atoms with E-state index in [0.29, 0.717) is 18.7 Å². The van der Waals surface area contributed by atoms with Crippen LogP contribution in [0.3, 0.4) is 0 Å². The molecular formula is C16H14BrN3O3. The Bertz CT molecular complexity index is 762. The molecular weight excluding hydrogens is 362 g/mol. The molecule has 2 heterocycles. The van der Waals surface area contributed by atoms with Gasteiger partial charge in [0, 0.05) is 22.8 Å². The van der Waals surface area contributed by atoms with Crippen LogP contribution < -0.4 is 5.32 Å². The van der Waals surface area contributed by atoms with Crippen LogP contribution in [-0.2, 0) is 22.4 Å². The second-order valence-corrected chi connectivity index (χ2v) is 6.20. The number of nitrogens with zero attached hydrogens (tertiary/aromatic N) is 2. The summed E-state index contributed by atoms with van der Waals surface area (Å²) in [6.07, 6.45) is 4.45. The van der Waals surface area contributed by atoms with E-state index < -0.39 is 5.97 Å². The monoisotopic (exact) mass is 375 g/mol. The van der Waals surface area contributed by atoms with E-state index in [1.165, 1.54) is 7.11 Å². The fourth-order valence-corrected chi connectivity index (χ4v) is 2.82. The number of hydrogen-bond acceptors (Lipinski definition) is 5. The lowest BCUT2D eigenvalue weighted by Gasteiger charge is -2.09. The number of carbonyl (C=O) groups excluding carboxylic acids is 2. The van der Waals surface area contributed by atoms with E-state index >= 15 is 0 Å². The number of aromatic nitrogens is 2. The third-order valence-corrected chi connectivity index (χ3v) is 4.23. The van der Waals surface area contributed by atoms with Crippen molar-refractivity contribution in [3.05, 3.63) is 51.9 Å². The summed E-state index contributed by atoms with van der Waals surface area (Å²) in [5.74, 6) is -0.233. The molecule has 0 spiro atoms. The fraction of sp³-hybridized carbons (Fsp3) is 0.250. The van der Waals surface area contributed by atoms with E-state index in [1.54, 1.807) is 24.5 Å². The van der Waals surface area contributed by atoms with Crippen LogP contribution in [0.4, 0.5) is 5.82 Å². The third kappa shape index (κ3) is 3.39. The molecule has 6 nitrogen and oxygen atoms in total. The zero-order valence-corrected chi connectivity index (χ0v) is 14.0. The number of fused-ring (bicyclic) bond motifs is 1. The van der Waals surface area contributed by atoms with Crippen LogP contribution in [0.2, 0.25) is 0 Å². The largest absolute Gasteiger partial charge is 0.464 e. The number of esters is 1. The molecule has 7 heteroatoms. The number of ether oxygens (including phenoxy) is 1. The summed E-state index contributed by atoms with van der Waals surface area (Å²) in [6.45, 7) is 0. The Morgan fingerprint density at radius 3 is 2.70 bits per heavy atom. The summed E-state index contributed by atoms with van der Waals surface area (Å²) in [5.41, 5.74) is 2.22. The van der Waals surface area contributed by atoms with Gasteiger partial charge in [-0.05, 0) is 58.1 Å². The van der Waals surface area contributed by atoms with Gasteiger partial charge in [-0.3, -0.25) is 4.79 Å². The van der Waals surface area contributed by atoms with Crippen LogP contribution in [0.1, 0.15) is 21.6 Å². The molecule has 3 rings (SSSR count). The lowest BCUT2D eigenvalue weighted by atomic mass is 10.1. The Hall–Kier alpha value is -2.28. The number of amides is 1. The van der Waals surface area contributed by atoms with Gasteiger partial charge >= 0.3 is 5.97 Å². The van der Waals surface area contributed by atoms with Crippen LogP contribution in [0.25, 0.3) is 0 Å². The smallest absolute Gasteiger partial charge is 0.356 e. The first-order valence-electron chi connectivity index (χ1n) is 7.05. The number of nitrogens with one attached hydrogen (secondary N) is 1. The van der Waals surface area contributed by atoms with Crippen LogP contribution in [-0.4, -0.2) is 29.0 Å². The van der Waals surface area contributed by atoms with Crippen molar-refractivity contribution in [3.63, 3.8) is 0 Å². The summed E-state index contributed by atoms with van der Waals surface area (Å²) < 4.78 is 5.52. The minimum absolute atomic E-state index is 0.0874. The molecule has 0 saturated carbocycles. The van der Waals surface area contributed by atoms with Crippen LogP contribution in [0, 0.1) is 5.92 Å². The lowest BCUT2D eigenvalue weighted by Crippen LogP contribution is -2.23. The van der Waals surface area contributed by atoms with E-state index in [-0.39, 0.29) is 17.5 Å². The molecule has 118 valence electrons. The van der Waals surface area contributed by atoms with E-state index in [4.69, 9.17) is 0 Å². The van der Waals surface area contributed by atoms with Crippen molar-refractivity contribution in [2.45, 2.75) is 12.8 Å². The molecule has 0 radical (unpaired) electrons. The van der Waals surface area contributed by atoms with Crippen molar-refractivity contribution in [3.8, 4) is 0 Å². The first kappa shape index (κ1) is 15.6. The van der Waals surface area contributed by atoms with Gasteiger partial charge in [0.2, 0.25) is 5.91 Å². The van der Waals surface area contributed by atoms with Gasteiger partial charge in [0.15, 0.2) is 0 Å². The second kappa shape index (κ2) is 6.45. The SMILES string of the molecule is COC(=O)c1cc2c(cn1)CC(C(=O)Nc1ccc(Br)cn1)C2. The molecule has 0 fully saturated rings. The second-order valence-electron chi connectivity index (χ2n) is 5.29. The van der Waals surface area contributed by atoms with Gasteiger partial charge in [-0.15, -0.1) is 0 Å². The zero-order chi connectivity index (χ0) is 16.4. The van der Waals surface area contributed by atoms with Crippen molar-refractivity contribution >= 4 is 33.6 Å². The molecule has 2 aromatic rings. The first-order chi connectivity index (χ1) is 11.1. The third-order valence-electron chi connectivity index (χ3n) is 3.76. The fourth-order valence-electron chi connectivity index (χ4n) is 2.58. The highest BCUT2D eigenvalue weighted by atomic mass is 79.9. The number of anilines is 1. The van der Waals surface area contributed by atoms with Gasteiger partial charge in [0.1, 0.15) is 11.5 Å². The molecule has 0 aliphatic heterocycles. The van der Waals surface area contributed by atoms with Crippen LogP contribution in [0.5, 0.6) is 0 Å². The van der Waals surface area contributed by atoms with E-state index in [2.05, 4.69) is 36.0 Å². The molecule has 1 aliphatic rings. The first-order valence-corrected chi connectivity index (χ1v) is 7.84. The Morgan fingerprint density at radius 1 is 1.22 bits per heavy atom. The minimum atomic E-state index is -0.472. The Morgan fingerprint density at radius 2 is 2.00 bits per heavy atom. The van der Waals surface area contributed by atoms with Gasteiger partial charge in [0.05, 0.1) is 7.11 Å². The van der Waals surface area contributed by atoms with Gasteiger partial charge in [0.25, 0.3) is 0 Å². The number of hydrogen-bond donors (Lipinski definition) is 1. The Balaban J connectivity index is 1.70. The number of pyridine rings is 2. The average Bonchev–Trinajstić information content (AvgIpc) is 2.99. The molecule has 0 saturated heterocycles. The van der Waals surface area contributed by atoms with Crippen molar-refractivity contribution in [1.82, 2.24) is 9.97 Å². The predicted molar refractivity (Wildman–Crippen MR) is 87.0 cm³/mol. The summed E-state index contributed by atoms with van der Waals surface area (Å²) in [6, 6.07) is 5.26. The highest BCUT2D eigenvalue weighted by molar-refractivity contribution is 9.10. The van der Waals surface area contributed by atoms with Gasteiger partial charge in [-0.25, -0.2) is 14.8 Å². The zero-order valence-electron chi connectivity index (χ0n) is 12.4. The Labute approximate surface area is 141 Å². The number of carbonyl (C=O) groups is 2. The molecule has 0 bridgehead atoms. The van der Waals surface area contributed by atoms with E-state index in [9.17, 15) is 9.59 Å². The normalized spacial score (nSPS) is 15.8. The Kier molecular flexibility index (Phi) is 4.38. The number of halogens is 1. The molecule has 23 heavy (non-hydrogen) atoms. The van der Waals surface area contributed by atoms with Crippen LogP contribution >= 0.6 is 15.9 Å². The number of rotatable bonds is 3. The number of methoxy groups -OCH3 is 1. The maximum Gasteiger partial charge on any atom is 0.356 e. The summed E-state index contributed by atoms with van der Waals surface area (Å²) in [7, 11) is 1.32. The summed E-state index contributed by atoms with van der Waals surface area (Å²) in [5, 5.41) is 2.81. The highest BCUT2D eigenvalue weighted by Gasteiger charge is 2.29. The molecule has 2 aromatic heterocycles. The predicted octanol–water partition coefficient (Wildman–Crippen LogP) is 2.38. The topological polar surface area (TPSA) is 81.2 Å². The summed E-state index contributed by atoms with van der Waals surface area (Å²) in [4.78, 5) is 32.1. The van der Waals surface area contributed by atoms with Crippen molar-refractivity contribution in [2.75, 3.05) is 12.4 Å². The van der Waals surface area contributed by atoms with Crippen LogP contribution in [0.15, 0.2) is 35.1 Å². The van der Waals surface area contributed by atoms with Crippen molar-refractivity contribution < 1.29 is 14.3 Å². The molecule has 1 aliphatic carbocycles. The average molecular weight is 376 g/mol. The quantitative estimate of drug-likeness (QED) is 0.832. The molecule has 1 amide bonds. The van der Waals surface area contributed by atoms with Gasteiger partial charge in [-0.2, -0.15) is 0 Å². The highest BCUT2D eigenvalue weighted by Crippen LogP contribution is 2.27. The van der Waals surface area contributed by atoms with E-state index in [0.717, 1.165) is 15.6 Å². The van der Waals surface area contributed by atoms with Crippen molar-refractivity contribution in [2.24, 2.45) is 5.92 Å². The summed E-state index contributed by atoms with van der Waals surface area (Å²) >= 11 is 3.30. The lowest BCUT2D eigenvalue weighted by molar-refractivity contribution is -0.119. The van der Waals surface area contributed by atoms with Gasteiger partial charge < -0.3 is 10.1 Å². The molecule has 1 N–H and O–H groups in total. The van der Waals surface area contributed by atoms with Gasteiger partial charge in [-0.1, -0.05) is 0 Å². The van der Waals surface area contributed by atoms with Crippen molar-refractivity contribution in [1.29, 1.82) is 0 Å². The minimum Gasteiger partial charge on any atom is -0.464 e. The maximum absolute atomic E-state index is 12.4. The molecule has 1 atom stereocenters. The standard InChI is InChI=1S/C16H14BrN3O3/c1-23-16(22)13-6-9-4-10(5-11(9)7-18-13)15(21)20-14-3-2-12(17)8-19-14/h2-3,6-8,10H,4-5H2,1H3,(H,19,20,21).